The highest BCUT2D eigenvalue weighted by Crippen LogP contribution is 2.16. The molecule has 0 radical (unpaired) electrons. The molecule has 8 nitrogen and oxygen atoms in total. The minimum Gasteiger partial charge on any atom is -0.413 e. The Labute approximate surface area is 160 Å². The zero-order chi connectivity index (χ0) is 20.0. The molecule has 2 heterocycles. The number of sulfone groups is 1. The van der Waals surface area contributed by atoms with Crippen LogP contribution in [0.2, 0.25) is 0 Å². The molecule has 0 spiro atoms. The van der Waals surface area contributed by atoms with E-state index in [1.165, 1.54) is 36.7 Å². The molecule has 1 aromatic carbocycles. The third-order valence-electron chi connectivity index (χ3n) is 3.78. The second-order valence-corrected chi connectivity index (χ2v) is 7.81. The molecule has 0 bridgehead atoms. The molecule has 146 valence electrons. The van der Waals surface area contributed by atoms with Gasteiger partial charge in [-0.15, -0.1) is 5.10 Å². The number of pyridine rings is 1. The molecule has 2 aromatic heterocycles. The molecule has 1 N–H and O–H groups in total. The fourth-order valence-corrected chi connectivity index (χ4v) is 3.52. The van der Waals surface area contributed by atoms with Gasteiger partial charge in [0.15, 0.2) is 0 Å². The number of carbonyl (C=O) groups is 1. The smallest absolute Gasteiger partial charge is 0.335 e. The Balaban J connectivity index is 1.51. The van der Waals surface area contributed by atoms with E-state index >= 15 is 0 Å². The Morgan fingerprint density at radius 3 is 2.50 bits per heavy atom. The summed E-state index contributed by atoms with van der Waals surface area (Å²) in [5.74, 6) is -0.875. The van der Waals surface area contributed by atoms with Gasteiger partial charge in [-0.25, -0.2) is 12.8 Å². The topological polar surface area (TPSA) is 115 Å². The molecule has 0 aliphatic carbocycles. The highest BCUT2D eigenvalue weighted by atomic mass is 32.2. The van der Waals surface area contributed by atoms with Gasteiger partial charge in [-0.3, -0.25) is 9.78 Å². The Morgan fingerprint density at radius 2 is 1.79 bits per heavy atom. The summed E-state index contributed by atoms with van der Waals surface area (Å²) in [6.45, 7) is 0.362. The van der Waals surface area contributed by atoms with E-state index in [0.29, 0.717) is 30.5 Å². The van der Waals surface area contributed by atoms with E-state index in [9.17, 15) is 17.6 Å². The summed E-state index contributed by atoms with van der Waals surface area (Å²) < 4.78 is 42.8. The van der Waals surface area contributed by atoms with E-state index in [0.717, 1.165) is 0 Å². The fourth-order valence-electron chi connectivity index (χ4n) is 2.37. The molecule has 3 rings (SSSR count). The van der Waals surface area contributed by atoms with Crippen LogP contribution in [0.3, 0.4) is 0 Å². The number of rotatable bonds is 8. The number of hydrogen-bond donors (Lipinski definition) is 1. The second-order valence-electron chi connectivity index (χ2n) is 5.94. The van der Waals surface area contributed by atoms with E-state index in [1.54, 1.807) is 12.1 Å². The molecule has 0 fully saturated rings. The zero-order valence-electron chi connectivity index (χ0n) is 14.7. The first kappa shape index (κ1) is 19.6. The number of aryl methyl sites for hydroxylation is 1. The Hall–Kier alpha value is -3.14. The average Bonchev–Trinajstić information content (AvgIpc) is 3.17. The van der Waals surface area contributed by atoms with E-state index in [-0.39, 0.29) is 17.6 Å². The minimum absolute atomic E-state index is 0.163. The van der Waals surface area contributed by atoms with Crippen molar-refractivity contribution in [3.8, 4) is 0 Å². The van der Waals surface area contributed by atoms with Crippen molar-refractivity contribution >= 4 is 15.7 Å². The van der Waals surface area contributed by atoms with Crippen LogP contribution < -0.4 is 5.32 Å². The summed E-state index contributed by atoms with van der Waals surface area (Å²) in [4.78, 5) is 15.7. The summed E-state index contributed by atoms with van der Waals surface area (Å²) in [5, 5.41) is 9.59. The van der Waals surface area contributed by atoms with Crippen molar-refractivity contribution in [3.05, 3.63) is 71.6 Å². The molecule has 0 atom stereocenters. The first-order chi connectivity index (χ1) is 13.4. The van der Waals surface area contributed by atoms with Crippen LogP contribution in [0.5, 0.6) is 0 Å². The van der Waals surface area contributed by atoms with Gasteiger partial charge in [0.1, 0.15) is 5.82 Å². The lowest BCUT2D eigenvalue weighted by molar-refractivity contribution is 0.0953. The quantitative estimate of drug-likeness (QED) is 0.571. The lowest BCUT2D eigenvalue weighted by atomic mass is 10.2. The van der Waals surface area contributed by atoms with E-state index in [2.05, 4.69) is 20.5 Å². The maximum atomic E-state index is 12.9. The summed E-state index contributed by atoms with van der Waals surface area (Å²) in [5.41, 5.74) is 0.918. The van der Waals surface area contributed by atoms with Crippen LogP contribution in [0, 0.1) is 5.82 Å². The van der Waals surface area contributed by atoms with Crippen molar-refractivity contribution in [2.24, 2.45) is 0 Å². The van der Waals surface area contributed by atoms with Gasteiger partial charge in [0.2, 0.25) is 15.7 Å². The van der Waals surface area contributed by atoms with Gasteiger partial charge in [0.25, 0.3) is 5.91 Å². The molecular formula is C18H17FN4O4S. The van der Waals surface area contributed by atoms with Crippen molar-refractivity contribution < 1.29 is 22.0 Å². The first-order valence-corrected chi connectivity index (χ1v) is 10.1. The monoisotopic (exact) mass is 404 g/mol. The van der Waals surface area contributed by atoms with E-state index < -0.39 is 20.9 Å². The largest absolute Gasteiger partial charge is 0.413 e. The van der Waals surface area contributed by atoms with Gasteiger partial charge < -0.3 is 9.73 Å². The van der Waals surface area contributed by atoms with Gasteiger partial charge in [-0.2, -0.15) is 0 Å². The van der Waals surface area contributed by atoms with Crippen molar-refractivity contribution in [1.82, 2.24) is 20.5 Å². The SMILES string of the molecule is O=C(NCCCc1nnc(S(=O)(=O)Cc2ccc(F)cc2)o1)c1ccncc1. The highest BCUT2D eigenvalue weighted by Gasteiger charge is 2.23. The van der Waals surface area contributed by atoms with Crippen LogP contribution >= 0.6 is 0 Å². The van der Waals surface area contributed by atoms with Crippen LogP contribution in [0.15, 0.2) is 58.4 Å². The molecule has 10 heteroatoms. The van der Waals surface area contributed by atoms with Crippen LogP contribution in [0.25, 0.3) is 0 Å². The number of halogens is 1. The normalized spacial score (nSPS) is 11.3. The maximum absolute atomic E-state index is 12.9. The Morgan fingerprint density at radius 1 is 1.07 bits per heavy atom. The molecule has 0 aliphatic rings. The van der Waals surface area contributed by atoms with E-state index in [4.69, 9.17) is 4.42 Å². The maximum Gasteiger partial charge on any atom is 0.335 e. The lowest BCUT2D eigenvalue weighted by Gasteiger charge is -2.03. The van der Waals surface area contributed by atoms with Crippen molar-refractivity contribution in [3.63, 3.8) is 0 Å². The Kier molecular flexibility index (Phi) is 6.09. The predicted octanol–water partition coefficient (Wildman–Crippen LogP) is 1.94. The molecule has 1 amide bonds. The highest BCUT2D eigenvalue weighted by molar-refractivity contribution is 7.90. The number of hydrogen-bond acceptors (Lipinski definition) is 7. The summed E-state index contributed by atoms with van der Waals surface area (Å²) in [6.07, 6.45) is 3.87. The number of amides is 1. The Bertz CT molecular complexity index is 1040. The van der Waals surface area contributed by atoms with Gasteiger partial charge in [0, 0.05) is 30.9 Å². The average molecular weight is 404 g/mol. The van der Waals surface area contributed by atoms with Gasteiger partial charge in [0.05, 0.1) is 5.75 Å². The molecular weight excluding hydrogens is 387 g/mol. The minimum atomic E-state index is -3.82. The second kappa shape index (κ2) is 8.70. The zero-order valence-corrected chi connectivity index (χ0v) is 15.5. The standard InChI is InChI=1S/C18H17FN4O4S/c19-15-5-3-13(4-6-15)12-28(25,26)18-23-22-16(27-18)2-1-9-21-17(24)14-7-10-20-11-8-14/h3-8,10-11H,1-2,9,12H2,(H,21,24). The lowest BCUT2D eigenvalue weighted by Crippen LogP contribution is -2.24. The number of nitrogens with one attached hydrogen (secondary N) is 1. The summed E-state index contributed by atoms with van der Waals surface area (Å²) >= 11 is 0. The molecule has 0 aliphatic heterocycles. The first-order valence-electron chi connectivity index (χ1n) is 8.42. The fraction of sp³-hybridized carbons (Fsp3) is 0.222. The molecule has 3 aromatic rings. The number of aromatic nitrogens is 3. The summed E-state index contributed by atoms with van der Waals surface area (Å²) in [6, 6.07) is 8.34. The third-order valence-corrected chi connectivity index (χ3v) is 5.19. The molecule has 0 saturated heterocycles. The predicted molar refractivity (Wildman–Crippen MR) is 96.5 cm³/mol. The van der Waals surface area contributed by atoms with Crippen molar-refractivity contribution in [1.29, 1.82) is 0 Å². The molecule has 28 heavy (non-hydrogen) atoms. The number of nitrogens with zero attached hydrogens (tertiary/aromatic N) is 3. The van der Waals surface area contributed by atoms with Gasteiger partial charge in [-0.1, -0.05) is 17.2 Å². The molecule has 0 unspecified atom stereocenters. The van der Waals surface area contributed by atoms with Crippen LogP contribution in [0.4, 0.5) is 4.39 Å². The summed E-state index contributed by atoms with van der Waals surface area (Å²) in [7, 11) is -3.82. The molecule has 0 saturated carbocycles. The third kappa shape index (κ3) is 5.19. The van der Waals surface area contributed by atoms with Gasteiger partial charge in [-0.05, 0) is 36.2 Å². The van der Waals surface area contributed by atoms with Crippen LogP contribution in [0.1, 0.15) is 28.2 Å². The number of benzene rings is 1. The van der Waals surface area contributed by atoms with Crippen LogP contribution in [-0.4, -0.2) is 36.1 Å². The van der Waals surface area contributed by atoms with Crippen LogP contribution in [-0.2, 0) is 22.0 Å². The van der Waals surface area contributed by atoms with Crippen molar-refractivity contribution in [2.75, 3.05) is 6.54 Å². The van der Waals surface area contributed by atoms with Crippen molar-refractivity contribution in [2.45, 2.75) is 23.8 Å². The van der Waals surface area contributed by atoms with Gasteiger partial charge >= 0.3 is 5.22 Å². The number of carbonyl (C=O) groups excluding carboxylic acids is 1. The van der Waals surface area contributed by atoms with E-state index in [1.807, 2.05) is 0 Å².